The summed E-state index contributed by atoms with van der Waals surface area (Å²) in [4.78, 5) is 1.41. The van der Waals surface area contributed by atoms with E-state index in [9.17, 15) is 0 Å². The van der Waals surface area contributed by atoms with Gasteiger partial charge < -0.3 is 5.32 Å². The summed E-state index contributed by atoms with van der Waals surface area (Å²) >= 11 is 2.00. The molecule has 0 radical (unpaired) electrons. The Morgan fingerprint density at radius 2 is 2.21 bits per heavy atom. The lowest BCUT2D eigenvalue weighted by atomic mass is 10.1. The molecule has 1 fully saturated rings. The number of aryl methyl sites for hydroxylation is 1. The molecular weight excluding hydrogens is 250 g/mol. The van der Waals surface area contributed by atoms with Crippen LogP contribution in [-0.2, 0) is 0 Å². The minimum Gasteiger partial charge on any atom is -0.313 e. The first-order valence-electron chi connectivity index (χ1n) is 7.70. The molecule has 1 N–H and O–H groups in total. The second-order valence-corrected chi connectivity index (χ2v) is 6.89. The first-order valence-corrected chi connectivity index (χ1v) is 8.69. The molecule has 2 rings (SSSR count). The molecule has 0 saturated heterocycles. The quantitative estimate of drug-likeness (QED) is 0.660. The topological polar surface area (TPSA) is 12.0 Å². The van der Waals surface area contributed by atoms with E-state index in [0.29, 0.717) is 6.04 Å². The summed E-state index contributed by atoms with van der Waals surface area (Å²) in [6.07, 6.45) is 6.96. The zero-order valence-electron chi connectivity index (χ0n) is 12.3. The third-order valence-electron chi connectivity index (χ3n) is 3.74. The maximum absolute atomic E-state index is 3.72. The summed E-state index contributed by atoms with van der Waals surface area (Å²) in [6.45, 7) is 5.58. The molecule has 1 unspecified atom stereocenters. The average molecular weight is 277 g/mol. The predicted molar refractivity (Wildman–Crippen MR) is 85.9 cm³/mol. The van der Waals surface area contributed by atoms with Gasteiger partial charge in [0.1, 0.15) is 0 Å². The second-order valence-electron chi connectivity index (χ2n) is 5.80. The summed E-state index contributed by atoms with van der Waals surface area (Å²) in [6, 6.07) is 9.55. The van der Waals surface area contributed by atoms with Gasteiger partial charge in [0, 0.05) is 16.7 Å². The Morgan fingerprint density at radius 1 is 1.37 bits per heavy atom. The first-order chi connectivity index (χ1) is 9.28. The normalized spacial score (nSPS) is 16.5. The predicted octanol–water partition coefficient (Wildman–Crippen LogP) is 4.65. The van der Waals surface area contributed by atoms with Gasteiger partial charge in [0.2, 0.25) is 0 Å². The summed E-state index contributed by atoms with van der Waals surface area (Å²) < 4.78 is 0. The lowest BCUT2D eigenvalue weighted by molar-refractivity contribution is 0.489. The molecule has 1 saturated carbocycles. The number of thioether (sulfide) groups is 1. The third kappa shape index (κ3) is 6.01. The van der Waals surface area contributed by atoms with Crippen molar-refractivity contribution < 1.29 is 0 Å². The van der Waals surface area contributed by atoms with Gasteiger partial charge in [-0.05, 0) is 50.8 Å². The van der Waals surface area contributed by atoms with Crippen molar-refractivity contribution in [2.45, 2.75) is 56.9 Å². The fourth-order valence-electron chi connectivity index (χ4n) is 2.34. The van der Waals surface area contributed by atoms with E-state index in [2.05, 4.69) is 43.4 Å². The fraction of sp³-hybridized carbons (Fsp3) is 0.647. The van der Waals surface area contributed by atoms with E-state index in [-0.39, 0.29) is 0 Å². The van der Waals surface area contributed by atoms with Gasteiger partial charge in [0.25, 0.3) is 0 Å². The second kappa shape index (κ2) is 7.96. The Morgan fingerprint density at radius 3 is 2.89 bits per heavy atom. The van der Waals surface area contributed by atoms with Crippen molar-refractivity contribution in [3.05, 3.63) is 29.8 Å². The Hall–Kier alpha value is -0.470. The molecule has 1 nitrogen and oxygen atoms in total. The zero-order valence-corrected chi connectivity index (χ0v) is 13.1. The molecule has 1 aromatic rings. The van der Waals surface area contributed by atoms with Gasteiger partial charge in [0.15, 0.2) is 0 Å². The van der Waals surface area contributed by atoms with Gasteiger partial charge in [-0.3, -0.25) is 0 Å². The monoisotopic (exact) mass is 277 g/mol. The van der Waals surface area contributed by atoms with Crippen molar-refractivity contribution in [3.63, 3.8) is 0 Å². The Labute approximate surface area is 122 Å². The third-order valence-corrected chi connectivity index (χ3v) is 4.90. The number of hydrogen-bond acceptors (Lipinski definition) is 2. The van der Waals surface area contributed by atoms with E-state index < -0.39 is 0 Å². The van der Waals surface area contributed by atoms with Crippen LogP contribution in [0.15, 0.2) is 29.2 Å². The first kappa shape index (κ1) is 14.9. The molecular formula is C17H27NS. The highest BCUT2D eigenvalue weighted by molar-refractivity contribution is 7.99. The molecule has 1 aliphatic carbocycles. The fourth-order valence-corrected chi connectivity index (χ4v) is 3.46. The van der Waals surface area contributed by atoms with Crippen molar-refractivity contribution in [2.75, 3.05) is 12.3 Å². The Balaban J connectivity index is 1.76. The van der Waals surface area contributed by atoms with Crippen molar-refractivity contribution in [2.24, 2.45) is 5.92 Å². The average Bonchev–Trinajstić information content (AvgIpc) is 3.22. The highest BCUT2D eigenvalue weighted by atomic mass is 32.2. The molecule has 1 aliphatic rings. The van der Waals surface area contributed by atoms with Crippen LogP contribution in [0.3, 0.4) is 0 Å². The van der Waals surface area contributed by atoms with E-state index in [1.807, 2.05) is 11.8 Å². The van der Waals surface area contributed by atoms with Crippen molar-refractivity contribution in [1.82, 2.24) is 5.32 Å². The number of hydrogen-bond donors (Lipinski definition) is 1. The van der Waals surface area contributed by atoms with E-state index in [1.54, 1.807) is 0 Å². The summed E-state index contributed by atoms with van der Waals surface area (Å²) in [5.41, 5.74) is 1.36. The smallest absolute Gasteiger partial charge is 0.0161 e. The molecule has 0 spiro atoms. The van der Waals surface area contributed by atoms with Crippen molar-refractivity contribution >= 4 is 11.8 Å². The molecule has 0 bridgehead atoms. The van der Waals surface area contributed by atoms with Crippen LogP contribution in [-0.4, -0.2) is 18.3 Å². The van der Waals surface area contributed by atoms with Crippen LogP contribution in [0.2, 0.25) is 0 Å². The Bertz CT molecular complexity index is 373. The lowest BCUT2D eigenvalue weighted by Gasteiger charge is -2.18. The number of nitrogens with one attached hydrogen (secondary N) is 1. The minimum absolute atomic E-state index is 0.686. The van der Waals surface area contributed by atoms with Crippen LogP contribution < -0.4 is 5.32 Å². The van der Waals surface area contributed by atoms with Crippen molar-refractivity contribution in [3.8, 4) is 0 Å². The standard InChI is InChI=1S/C17H27NS/c1-3-11-18-16(10-9-15-7-8-15)13-19-17-6-4-5-14(2)12-17/h4-6,12,15-16,18H,3,7-11,13H2,1-2H3. The molecule has 0 amide bonds. The van der Waals surface area contributed by atoms with Crippen LogP contribution >= 0.6 is 11.8 Å². The van der Waals surface area contributed by atoms with Crippen LogP contribution in [0.1, 0.15) is 44.6 Å². The highest BCUT2D eigenvalue weighted by Gasteiger charge is 2.22. The highest BCUT2D eigenvalue weighted by Crippen LogP contribution is 2.34. The van der Waals surface area contributed by atoms with Gasteiger partial charge >= 0.3 is 0 Å². The largest absolute Gasteiger partial charge is 0.313 e. The van der Waals surface area contributed by atoms with Crippen molar-refractivity contribution in [1.29, 1.82) is 0 Å². The zero-order chi connectivity index (χ0) is 13.5. The van der Waals surface area contributed by atoms with Crippen LogP contribution in [0.4, 0.5) is 0 Å². The van der Waals surface area contributed by atoms with Gasteiger partial charge in [0.05, 0.1) is 0 Å². The molecule has 2 heteroatoms. The lowest BCUT2D eigenvalue weighted by Crippen LogP contribution is -2.32. The summed E-state index contributed by atoms with van der Waals surface area (Å²) in [5, 5.41) is 3.72. The summed E-state index contributed by atoms with van der Waals surface area (Å²) in [7, 11) is 0. The van der Waals surface area contributed by atoms with E-state index in [0.717, 1.165) is 12.5 Å². The molecule has 0 aliphatic heterocycles. The van der Waals surface area contributed by atoms with E-state index >= 15 is 0 Å². The maximum atomic E-state index is 3.72. The number of benzene rings is 1. The van der Waals surface area contributed by atoms with Crippen LogP contribution in [0.25, 0.3) is 0 Å². The Kier molecular flexibility index (Phi) is 6.25. The van der Waals surface area contributed by atoms with E-state index in [1.165, 1.54) is 48.3 Å². The van der Waals surface area contributed by atoms with Gasteiger partial charge in [-0.15, -0.1) is 11.8 Å². The summed E-state index contributed by atoms with van der Waals surface area (Å²) in [5.74, 6) is 2.26. The van der Waals surface area contributed by atoms with Gasteiger partial charge in [-0.25, -0.2) is 0 Å². The molecule has 19 heavy (non-hydrogen) atoms. The molecule has 1 aromatic carbocycles. The van der Waals surface area contributed by atoms with Gasteiger partial charge in [-0.1, -0.05) is 37.5 Å². The number of rotatable bonds is 9. The van der Waals surface area contributed by atoms with Crippen LogP contribution in [0.5, 0.6) is 0 Å². The minimum atomic E-state index is 0.686. The maximum Gasteiger partial charge on any atom is 0.0161 e. The molecule has 1 atom stereocenters. The van der Waals surface area contributed by atoms with Crippen LogP contribution in [0, 0.1) is 12.8 Å². The SMILES string of the molecule is CCCNC(CCC1CC1)CSc1cccc(C)c1. The van der Waals surface area contributed by atoms with E-state index in [4.69, 9.17) is 0 Å². The molecule has 106 valence electrons. The molecule has 0 heterocycles. The van der Waals surface area contributed by atoms with Gasteiger partial charge in [-0.2, -0.15) is 0 Å². The molecule has 0 aromatic heterocycles.